The second-order valence-electron chi connectivity index (χ2n) is 7.93. The summed E-state index contributed by atoms with van der Waals surface area (Å²) in [5.74, 6) is 3.68. The summed E-state index contributed by atoms with van der Waals surface area (Å²) in [6.45, 7) is 8.22. The van der Waals surface area contributed by atoms with Gasteiger partial charge in [-0.3, -0.25) is 0 Å². The van der Waals surface area contributed by atoms with Crippen LogP contribution >= 0.6 is 0 Å². The van der Waals surface area contributed by atoms with Crippen LogP contribution in [-0.2, 0) is 0 Å². The maximum Gasteiger partial charge on any atom is -0.00461 e. The third-order valence-corrected chi connectivity index (χ3v) is 5.83. The van der Waals surface area contributed by atoms with E-state index in [2.05, 4.69) is 20.8 Å². The third kappa shape index (κ3) is 3.29. The molecule has 2 saturated carbocycles. The molecule has 2 N–H and O–H groups in total. The number of nitrogens with two attached hydrogens (primary N) is 1. The van der Waals surface area contributed by atoms with Gasteiger partial charge in [0.15, 0.2) is 0 Å². The van der Waals surface area contributed by atoms with Gasteiger partial charge in [0.25, 0.3) is 0 Å². The van der Waals surface area contributed by atoms with E-state index in [9.17, 15) is 0 Å². The van der Waals surface area contributed by atoms with E-state index < -0.39 is 0 Å². The van der Waals surface area contributed by atoms with Crippen LogP contribution in [0.25, 0.3) is 0 Å². The fourth-order valence-electron chi connectivity index (χ4n) is 4.49. The molecule has 0 aromatic carbocycles. The van der Waals surface area contributed by atoms with Crippen molar-refractivity contribution in [2.45, 2.75) is 72.1 Å². The first-order valence-corrected chi connectivity index (χ1v) is 8.22. The summed E-state index contributed by atoms with van der Waals surface area (Å²) in [4.78, 5) is 0. The Bertz CT molecular complexity index is 247. The zero-order valence-electron chi connectivity index (χ0n) is 12.8. The molecule has 0 heterocycles. The molecule has 18 heavy (non-hydrogen) atoms. The molecule has 0 bridgehead atoms. The molecule has 2 rings (SSSR count). The van der Waals surface area contributed by atoms with Gasteiger partial charge in [-0.25, -0.2) is 0 Å². The van der Waals surface area contributed by atoms with Crippen molar-refractivity contribution in [3.63, 3.8) is 0 Å². The maximum absolute atomic E-state index is 6.05. The summed E-state index contributed by atoms with van der Waals surface area (Å²) < 4.78 is 0. The number of rotatable bonds is 2. The summed E-state index contributed by atoms with van der Waals surface area (Å²) in [5.41, 5.74) is 6.55. The van der Waals surface area contributed by atoms with Gasteiger partial charge >= 0.3 is 0 Å². The van der Waals surface area contributed by atoms with Gasteiger partial charge in [-0.2, -0.15) is 0 Å². The van der Waals surface area contributed by atoms with Crippen molar-refractivity contribution in [2.75, 3.05) is 6.54 Å². The monoisotopic (exact) mass is 251 g/mol. The Hall–Kier alpha value is -0.0400. The Kier molecular flexibility index (Phi) is 4.75. The molecule has 0 amide bonds. The molecule has 0 saturated heterocycles. The summed E-state index contributed by atoms with van der Waals surface area (Å²) in [5, 5.41) is 0. The van der Waals surface area contributed by atoms with Crippen LogP contribution in [0.1, 0.15) is 72.1 Å². The van der Waals surface area contributed by atoms with Crippen LogP contribution in [0.3, 0.4) is 0 Å². The van der Waals surface area contributed by atoms with Crippen LogP contribution < -0.4 is 5.73 Å². The van der Waals surface area contributed by atoms with Crippen LogP contribution in [0, 0.1) is 29.1 Å². The Morgan fingerprint density at radius 3 is 2.17 bits per heavy atom. The minimum absolute atomic E-state index is 0.493. The highest BCUT2D eigenvalue weighted by atomic mass is 14.6. The molecule has 1 nitrogen and oxygen atoms in total. The van der Waals surface area contributed by atoms with E-state index in [1.54, 1.807) is 0 Å². The molecule has 0 radical (unpaired) electrons. The summed E-state index contributed by atoms with van der Waals surface area (Å²) in [6.07, 6.45) is 11.6. The van der Waals surface area contributed by atoms with Crippen molar-refractivity contribution >= 4 is 0 Å². The minimum Gasteiger partial charge on any atom is -0.330 e. The van der Waals surface area contributed by atoms with Gasteiger partial charge in [-0.1, -0.05) is 52.9 Å². The van der Waals surface area contributed by atoms with E-state index in [-0.39, 0.29) is 0 Å². The summed E-state index contributed by atoms with van der Waals surface area (Å²) >= 11 is 0. The van der Waals surface area contributed by atoms with Crippen molar-refractivity contribution in [2.24, 2.45) is 34.8 Å². The zero-order chi connectivity index (χ0) is 13.2. The Morgan fingerprint density at radius 2 is 1.61 bits per heavy atom. The van der Waals surface area contributed by atoms with E-state index in [1.165, 1.54) is 51.4 Å². The van der Waals surface area contributed by atoms with Crippen molar-refractivity contribution < 1.29 is 0 Å². The minimum atomic E-state index is 0.493. The van der Waals surface area contributed by atoms with E-state index in [0.717, 1.165) is 30.2 Å². The van der Waals surface area contributed by atoms with Gasteiger partial charge in [0.1, 0.15) is 0 Å². The van der Waals surface area contributed by atoms with Crippen molar-refractivity contribution in [3.05, 3.63) is 0 Å². The van der Waals surface area contributed by atoms with Crippen LogP contribution in [0.4, 0.5) is 0 Å². The number of hydrogen-bond acceptors (Lipinski definition) is 1. The van der Waals surface area contributed by atoms with Crippen molar-refractivity contribution in [3.8, 4) is 0 Å². The molecule has 3 atom stereocenters. The highest BCUT2D eigenvalue weighted by Gasteiger charge is 2.38. The van der Waals surface area contributed by atoms with Crippen LogP contribution in [0.15, 0.2) is 0 Å². The van der Waals surface area contributed by atoms with E-state index in [1.807, 2.05) is 0 Å². The summed E-state index contributed by atoms with van der Waals surface area (Å²) in [6, 6.07) is 0. The molecule has 2 aliphatic carbocycles. The lowest BCUT2D eigenvalue weighted by molar-refractivity contribution is 0.0542. The lowest BCUT2D eigenvalue weighted by atomic mass is 9.60. The molecule has 0 spiro atoms. The lowest BCUT2D eigenvalue weighted by Gasteiger charge is -2.45. The molecule has 1 heteroatoms. The predicted molar refractivity (Wildman–Crippen MR) is 79.4 cm³/mol. The van der Waals surface area contributed by atoms with E-state index in [0.29, 0.717) is 5.41 Å². The van der Waals surface area contributed by atoms with Crippen LogP contribution in [0.5, 0.6) is 0 Å². The average Bonchev–Trinajstić information content (AvgIpc) is 2.38. The fraction of sp³-hybridized carbons (Fsp3) is 1.00. The molecule has 0 aliphatic heterocycles. The first-order valence-electron chi connectivity index (χ1n) is 8.22. The molecule has 3 unspecified atom stereocenters. The smallest absolute Gasteiger partial charge is 0.00461 e. The molecular weight excluding hydrogens is 218 g/mol. The second kappa shape index (κ2) is 5.94. The van der Waals surface area contributed by atoms with Gasteiger partial charge in [-0.15, -0.1) is 0 Å². The molecule has 2 fully saturated rings. The predicted octanol–water partition coefficient (Wildman–Crippen LogP) is 4.60. The van der Waals surface area contributed by atoms with Gasteiger partial charge in [0.2, 0.25) is 0 Å². The Morgan fingerprint density at radius 1 is 0.944 bits per heavy atom. The van der Waals surface area contributed by atoms with Gasteiger partial charge < -0.3 is 5.73 Å². The lowest BCUT2D eigenvalue weighted by Crippen LogP contribution is -2.39. The van der Waals surface area contributed by atoms with Crippen molar-refractivity contribution in [1.82, 2.24) is 0 Å². The fourth-order valence-corrected chi connectivity index (χ4v) is 4.49. The Balaban J connectivity index is 2.02. The standard InChI is InChI=1S/C17H33N/c1-17(2,3)15-10-9-14(12-18)16(11-15)13-7-5-4-6-8-13/h13-16H,4-12,18H2,1-3H3. The molecule has 0 aromatic heterocycles. The molecule has 0 aromatic rings. The first-order chi connectivity index (χ1) is 8.52. The molecular formula is C17H33N. The average molecular weight is 251 g/mol. The normalized spacial score (nSPS) is 35.7. The van der Waals surface area contributed by atoms with Gasteiger partial charge in [0, 0.05) is 0 Å². The number of hydrogen-bond donors (Lipinski definition) is 1. The Labute approximate surface area is 114 Å². The van der Waals surface area contributed by atoms with Crippen LogP contribution in [0.2, 0.25) is 0 Å². The highest BCUT2D eigenvalue weighted by Crippen LogP contribution is 2.47. The largest absolute Gasteiger partial charge is 0.330 e. The quantitative estimate of drug-likeness (QED) is 0.762. The molecule has 2 aliphatic rings. The molecule has 106 valence electrons. The van der Waals surface area contributed by atoms with E-state index >= 15 is 0 Å². The highest BCUT2D eigenvalue weighted by molar-refractivity contribution is 4.89. The maximum atomic E-state index is 6.05. The van der Waals surface area contributed by atoms with Crippen LogP contribution in [-0.4, -0.2) is 6.54 Å². The first kappa shape index (κ1) is 14.4. The SMILES string of the molecule is CC(C)(C)C1CCC(CN)C(C2CCCCC2)C1. The zero-order valence-corrected chi connectivity index (χ0v) is 12.8. The van der Waals surface area contributed by atoms with Crippen molar-refractivity contribution in [1.29, 1.82) is 0 Å². The van der Waals surface area contributed by atoms with E-state index in [4.69, 9.17) is 5.73 Å². The van der Waals surface area contributed by atoms with Gasteiger partial charge in [0.05, 0.1) is 0 Å². The summed E-state index contributed by atoms with van der Waals surface area (Å²) in [7, 11) is 0. The topological polar surface area (TPSA) is 26.0 Å². The van der Waals surface area contributed by atoms with Gasteiger partial charge in [-0.05, 0) is 54.9 Å². The second-order valence-corrected chi connectivity index (χ2v) is 7.93. The third-order valence-electron chi connectivity index (χ3n) is 5.83.